The highest BCUT2D eigenvalue weighted by Crippen LogP contribution is 2.25. The average Bonchev–Trinajstić information content (AvgIpc) is 2.87. The van der Waals surface area contributed by atoms with Crippen molar-refractivity contribution in [2.24, 2.45) is 0 Å². The van der Waals surface area contributed by atoms with Crippen molar-refractivity contribution in [3.05, 3.63) is 98.7 Å². The van der Waals surface area contributed by atoms with Gasteiger partial charge in [-0.3, -0.25) is 24.1 Å². The number of benzene rings is 2. The zero-order valence-corrected chi connectivity index (χ0v) is 20.4. The number of halogens is 3. The van der Waals surface area contributed by atoms with Crippen LogP contribution in [0.5, 0.6) is 5.75 Å². The number of rotatable bonds is 6. The van der Waals surface area contributed by atoms with E-state index in [-0.39, 0.29) is 36.2 Å². The Morgan fingerprint density at radius 3 is 2.42 bits per heavy atom. The summed E-state index contributed by atoms with van der Waals surface area (Å²) < 4.78 is 48.8. The number of ether oxygens (including phenoxy) is 1. The fraction of sp³-hybridized carbons (Fsp3) is 0.296. The van der Waals surface area contributed by atoms with Crippen molar-refractivity contribution < 1.29 is 27.5 Å². The van der Waals surface area contributed by atoms with Gasteiger partial charge in [-0.2, -0.15) is 0 Å². The summed E-state index contributed by atoms with van der Waals surface area (Å²) in [6.07, 6.45) is 3.85. The number of carbonyl (C=O) groups is 2. The Bertz CT molecular complexity index is 1420. The number of carbonyl (C=O) groups excluding carboxylic acids is 2. The highest BCUT2D eigenvalue weighted by Gasteiger charge is 2.35. The molecule has 0 spiro atoms. The molecule has 3 aromatic rings. The Kier molecular flexibility index (Phi) is 7.08. The molecule has 8 nitrogen and oxygen atoms in total. The number of amides is 2. The van der Waals surface area contributed by atoms with Crippen LogP contribution in [0.15, 0.2) is 53.5 Å². The summed E-state index contributed by atoms with van der Waals surface area (Å²) in [7, 11) is 0. The predicted octanol–water partition coefficient (Wildman–Crippen LogP) is 3.31. The first kappa shape index (κ1) is 25.4. The first-order valence-electron chi connectivity index (χ1n) is 12.3. The molecular weight excluding hydrogens is 501 g/mol. The second kappa shape index (κ2) is 10.6. The van der Waals surface area contributed by atoms with Crippen LogP contribution in [-0.4, -0.2) is 41.1 Å². The van der Waals surface area contributed by atoms with Gasteiger partial charge >= 0.3 is 0 Å². The Hall–Kier alpha value is -4.28. The third-order valence-corrected chi connectivity index (χ3v) is 6.62. The summed E-state index contributed by atoms with van der Waals surface area (Å²) in [5, 5.41) is 4.18. The molecule has 0 atom stereocenters. The van der Waals surface area contributed by atoms with Gasteiger partial charge in [0.15, 0.2) is 11.4 Å². The lowest BCUT2D eigenvalue weighted by Crippen LogP contribution is -2.56. The highest BCUT2D eigenvalue weighted by molar-refractivity contribution is 5.99. The zero-order valence-electron chi connectivity index (χ0n) is 20.4. The molecule has 38 heavy (non-hydrogen) atoms. The molecule has 2 aliphatic heterocycles. The Balaban J connectivity index is 1.53. The minimum atomic E-state index is -1.16. The van der Waals surface area contributed by atoms with Crippen LogP contribution in [0.1, 0.15) is 51.2 Å². The van der Waals surface area contributed by atoms with Crippen LogP contribution in [0, 0.1) is 17.5 Å². The van der Waals surface area contributed by atoms with Gasteiger partial charge in [0.05, 0.1) is 0 Å². The molecule has 0 radical (unpaired) electrons. The predicted molar refractivity (Wildman–Crippen MR) is 132 cm³/mol. The molecule has 0 saturated carbocycles. The minimum absolute atomic E-state index is 0.0197. The van der Waals surface area contributed by atoms with Gasteiger partial charge in [-0.15, -0.1) is 0 Å². The number of hydrogen-bond acceptors (Lipinski definition) is 5. The number of nitrogens with zero attached hydrogens (tertiary/aromatic N) is 3. The monoisotopic (exact) mass is 526 g/mol. The van der Waals surface area contributed by atoms with Crippen LogP contribution in [0.3, 0.4) is 0 Å². The molecule has 1 N–H and O–H groups in total. The van der Waals surface area contributed by atoms with Crippen molar-refractivity contribution in [2.75, 3.05) is 24.8 Å². The Morgan fingerprint density at radius 1 is 0.974 bits per heavy atom. The maximum absolute atomic E-state index is 14.1. The molecule has 2 amide bonds. The second-order valence-electron chi connectivity index (χ2n) is 9.20. The third kappa shape index (κ3) is 4.96. The van der Waals surface area contributed by atoms with Gasteiger partial charge in [-0.1, -0.05) is 30.3 Å². The highest BCUT2D eigenvalue weighted by atomic mass is 19.1. The molecular formula is C27H25F3N4O4. The number of nitrogens with one attached hydrogen (secondary N) is 1. The van der Waals surface area contributed by atoms with Crippen LogP contribution in [0.4, 0.5) is 13.2 Å². The zero-order chi connectivity index (χ0) is 26.8. The van der Waals surface area contributed by atoms with Gasteiger partial charge in [-0.05, 0) is 24.8 Å². The molecule has 2 aromatic carbocycles. The molecule has 2 aliphatic rings. The number of fused-ring (bicyclic) bond motifs is 4. The van der Waals surface area contributed by atoms with E-state index in [2.05, 4.69) is 5.32 Å². The molecule has 3 heterocycles. The molecule has 5 rings (SSSR count). The van der Waals surface area contributed by atoms with E-state index < -0.39 is 40.9 Å². The van der Waals surface area contributed by atoms with Gasteiger partial charge < -0.3 is 15.0 Å². The van der Waals surface area contributed by atoms with E-state index in [0.717, 1.165) is 24.8 Å². The van der Waals surface area contributed by atoms with Crippen LogP contribution in [0.2, 0.25) is 0 Å². The number of aromatic nitrogens is 1. The molecule has 11 heteroatoms. The average molecular weight is 527 g/mol. The fourth-order valence-corrected chi connectivity index (χ4v) is 4.63. The Labute approximate surface area is 216 Å². The quantitative estimate of drug-likeness (QED) is 0.533. The summed E-state index contributed by atoms with van der Waals surface area (Å²) in [6.45, 7) is 0.742. The van der Waals surface area contributed by atoms with Crippen LogP contribution >= 0.6 is 0 Å². The summed E-state index contributed by atoms with van der Waals surface area (Å²) in [6, 6.07) is 10.0. The van der Waals surface area contributed by atoms with E-state index in [9.17, 15) is 27.6 Å². The van der Waals surface area contributed by atoms with E-state index in [1.807, 2.05) is 11.1 Å². The van der Waals surface area contributed by atoms with E-state index in [1.54, 1.807) is 29.2 Å². The van der Waals surface area contributed by atoms with Crippen molar-refractivity contribution in [2.45, 2.75) is 32.4 Å². The molecule has 1 fully saturated rings. The standard InChI is InChI=1S/C27H25F3N4O4/c28-18-11-21(29)19(22(30)12-18)13-31-26(36)20-14-34-23(27(37)32-9-5-2-6-10-33(34)16-32)25(24(20)35)38-15-17-7-3-1-4-8-17/h1,3-4,7-8,11-12,14H,2,5-6,9-10,13,15-16H2,(H,31,36). The van der Waals surface area contributed by atoms with Gasteiger partial charge in [0.25, 0.3) is 11.8 Å². The van der Waals surface area contributed by atoms with E-state index in [1.165, 1.54) is 10.9 Å². The molecule has 1 saturated heterocycles. The van der Waals surface area contributed by atoms with Gasteiger partial charge in [0.1, 0.15) is 36.3 Å². The van der Waals surface area contributed by atoms with Gasteiger partial charge in [0, 0.05) is 43.5 Å². The third-order valence-electron chi connectivity index (χ3n) is 6.62. The maximum atomic E-state index is 14.1. The minimum Gasteiger partial charge on any atom is -0.482 e. The lowest BCUT2D eigenvalue weighted by molar-refractivity contribution is 0.0668. The summed E-state index contributed by atoms with van der Waals surface area (Å²) in [5.74, 6) is -4.99. The van der Waals surface area contributed by atoms with Crippen LogP contribution < -0.4 is 20.5 Å². The van der Waals surface area contributed by atoms with Crippen molar-refractivity contribution >= 4 is 11.8 Å². The van der Waals surface area contributed by atoms with Gasteiger partial charge in [0.2, 0.25) is 5.43 Å². The molecule has 0 aliphatic carbocycles. The summed E-state index contributed by atoms with van der Waals surface area (Å²) in [5.41, 5.74) is -0.958. The van der Waals surface area contributed by atoms with E-state index >= 15 is 0 Å². The maximum Gasteiger partial charge on any atom is 0.277 e. The van der Waals surface area contributed by atoms with Crippen LogP contribution in [0.25, 0.3) is 0 Å². The van der Waals surface area contributed by atoms with Crippen molar-refractivity contribution in [3.63, 3.8) is 0 Å². The normalized spacial score (nSPS) is 15.0. The molecule has 2 bridgehead atoms. The van der Waals surface area contributed by atoms with Crippen molar-refractivity contribution in [1.82, 2.24) is 14.9 Å². The first-order chi connectivity index (χ1) is 18.3. The Morgan fingerprint density at radius 2 is 1.68 bits per heavy atom. The first-order valence-corrected chi connectivity index (χ1v) is 12.3. The van der Waals surface area contributed by atoms with Crippen molar-refractivity contribution in [1.29, 1.82) is 0 Å². The molecule has 1 aromatic heterocycles. The molecule has 0 unspecified atom stereocenters. The van der Waals surface area contributed by atoms with Crippen molar-refractivity contribution in [3.8, 4) is 5.75 Å². The lowest BCUT2D eigenvalue weighted by Gasteiger charge is -2.41. The molecule has 198 valence electrons. The van der Waals surface area contributed by atoms with E-state index in [0.29, 0.717) is 25.2 Å². The SMILES string of the molecule is O=C(NCc1c(F)cc(F)cc1F)c1cn2c(c(OCc3ccccc3)c1=O)C(=O)N1CCCCCN2C1. The lowest BCUT2D eigenvalue weighted by atomic mass is 10.1. The largest absolute Gasteiger partial charge is 0.482 e. The smallest absolute Gasteiger partial charge is 0.277 e. The topological polar surface area (TPSA) is 83.9 Å². The fourth-order valence-electron chi connectivity index (χ4n) is 4.63. The summed E-state index contributed by atoms with van der Waals surface area (Å²) >= 11 is 0. The number of pyridine rings is 1. The van der Waals surface area contributed by atoms with Gasteiger partial charge in [-0.25, -0.2) is 13.2 Å². The van der Waals surface area contributed by atoms with Crippen LogP contribution in [-0.2, 0) is 13.2 Å². The van der Waals surface area contributed by atoms with E-state index in [4.69, 9.17) is 4.74 Å². The number of hydrogen-bond donors (Lipinski definition) is 1. The second-order valence-corrected chi connectivity index (χ2v) is 9.20. The summed E-state index contributed by atoms with van der Waals surface area (Å²) in [4.78, 5) is 41.7.